The predicted molar refractivity (Wildman–Crippen MR) is 133 cm³/mol. The van der Waals surface area contributed by atoms with Crippen LogP contribution in [0.3, 0.4) is 0 Å². The summed E-state index contributed by atoms with van der Waals surface area (Å²) in [6, 6.07) is 20.5. The summed E-state index contributed by atoms with van der Waals surface area (Å²) in [4.78, 5) is 9.76. The molecule has 0 radical (unpaired) electrons. The van der Waals surface area contributed by atoms with Crippen LogP contribution in [0.4, 0.5) is 11.4 Å². The van der Waals surface area contributed by atoms with Crippen LogP contribution < -0.4 is 0 Å². The molecule has 0 aliphatic heterocycles. The van der Waals surface area contributed by atoms with Gasteiger partial charge in [-0.25, -0.2) is 9.98 Å². The van der Waals surface area contributed by atoms with Crippen molar-refractivity contribution in [1.82, 2.24) is 0 Å². The zero-order valence-electron chi connectivity index (χ0n) is 20.1. The number of aliphatic imine (C=N–C) groups is 2. The van der Waals surface area contributed by atoms with Crippen molar-refractivity contribution < 1.29 is 4.42 Å². The Morgan fingerprint density at radius 3 is 1.29 bits per heavy atom. The number of hydrogen-bond donors (Lipinski definition) is 0. The van der Waals surface area contributed by atoms with Crippen LogP contribution >= 0.6 is 0 Å². The minimum Gasteiger partial charge on any atom is -0.454 e. The third kappa shape index (κ3) is 5.41. The first-order valence-electron chi connectivity index (χ1n) is 10.9. The van der Waals surface area contributed by atoms with E-state index in [4.69, 9.17) is 14.4 Å². The topological polar surface area (TPSA) is 37.9 Å². The first-order valence-corrected chi connectivity index (χ1v) is 10.9. The Labute approximate surface area is 187 Å². The maximum absolute atomic E-state index is 6.14. The van der Waals surface area contributed by atoms with Crippen LogP contribution in [-0.4, -0.2) is 11.4 Å². The van der Waals surface area contributed by atoms with Crippen molar-refractivity contribution in [3.8, 4) is 0 Å². The lowest BCUT2D eigenvalue weighted by Crippen LogP contribution is -2.11. The Kier molecular flexibility index (Phi) is 6.35. The molecule has 0 aliphatic rings. The number of para-hydroxylation sites is 2. The highest BCUT2D eigenvalue weighted by molar-refractivity contribution is 6.02. The molecule has 3 rings (SSSR count). The number of rotatable bonds is 4. The molecule has 1 heterocycles. The van der Waals surface area contributed by atoms with Gasteiger partial charge in [0, 0.05) is 0 Å². The molecule has 3 aromatic rings. The summed E-state index contributed by atoms with van der Waals surface area (Å²) in [7, 11) is 0. The lowest BCUT2D eigenvalue weighted by molar-refractivity contribution is 0.547. The highest BCUT2D eigenvalue weighted by Crippen LogP contribution is 2.33. The molecule has 31 heavy (non-hydrogen) atoms. The molecule has 3 nitrogen and oxygen atoms in total. The zero-order chi connectivity index (χ0) is 22.8. The average Bonchev–Trinajstić information content (AvgIpc) is 3.18. The summed E-state index contributed by atoms with van der Waals surface area (Å²) in [5.41, 5.74) is 6.16. The van der Waals surface area contributed by atoms with Gasteiger partial charge < -0.3 is 4.42 Å². The van der Waals surface area contributed by atoms with Crippen LogP contribution in [0.15, 0.2) is 75.1 Å². The van der Waals surface area contributed by atoms with Gasteiger partial charge in [0.1, 0.15) is 11.5 Å². The summed E-state index contributed by atoms with van der Waals surface area (Å²) in [5, 5.41) is 0. The van der Waals surface area contributed by atoms with Crippen LogP contribution in [0.25, 0.3) is 0 Å². The van der Waals surface area contributed by atoms with Gasteiger partial charge in [-0.2, -0.15) is 0 Å². The molecule has 0 atom stereocenters. The lowest BCUT2D eigenvalue weighted by atomic mass is 9.86. The average molecular weight is 415 g/mol. The van der Waals surface area contributed by atoms with E-state index in [-0.39, 0.29) is 10.8 Å². The molecule has 162 valence electrons. The van der Waals surface area contributed by atoms with Crippen molar-refractivity contribution in [1.29, 1.82) is 0 Å². The van der Waals surface area contributed by atoms with E-state index in [9.17, 15) is 0 Å². The fourth-order valence-corrected chi connectivity index (χ4v) is 3.61. The molecule has 0 saturated carbocycles. The SMILES string of the molecule is C/C(=N\c1ccccc1C(C)(C)C)c1ccc(/C(C)=N/c2ccccc2C(C)(C)C)o1. The molecule has 0 unspecified atom stereocenters. The summed E-state index contributed by atoms with van der Waals surface area (Å²) < 4.78 is 6.14. The van der Waals surface area contributed by atoms with Crippen LogP contribution in [0, 0.1) is 0 Å². The highest BCUT2D eigenvalue weighted by Gasteiger charge is 2.19. The van der Waals surface area contributed by atoms with E-state index < -0.39 is 0 Å². The molecular weight excluding hydrogens is 380 g/mol. The van der Waals surface area contributed by atoms with Crippen LogP contribution in [0.1, 0.15) is 78.0 Å². The maximum atomic E-state index is 6.14. The molecule has 3 heteroatoms. The van der Waals surface area contributed by atoms with Crippen LogP contribution in [-0.2, 0) is 10.8 Å². The first kappa shape index (κ1) is 22.7. The lowest BCUT2D eigenvalue weighted by Gasteiger charge is -2.21. The monoisotopic (exact) mass is 414 g/mol. The number of benzene rings is 2. The molecule has 0 bridgehead atoms. The second kappa shape index (κ2) is 8.66. The Morgan fingerprint density at radius 2 is 0.935 bits per heavy atom. The normalized spacial score (nSPS) is 13.5. The summed E-state index contributed by atoms with van der Waals surface area (Å²) in [6.07, 6.45) is 0. The van der Waals surface area contributed by atoms with E-state index in [0.29, 0.717) is 0 Å². The highest BCUT2D eigenvalue weighted by atomic mass is 16.3. The predicted octanol–water partition coefficient (Wildman–Crippen LogP) is 8.16. The number of furan rings is 1. The van der Waals surface area contributed by atoms with E-state index in [0.717, 1.165) is 34.3 Å². The van der Waals surface area contributed by atoms with E-state index in [2.05, 4.69) is 77.9 Å². The van der Waals surface area contributed by atoms with Crippen LogP contribution in [0.2, 0.25) is 0 Å². The summed E-state index contributed by atoms with van der Waals surface area (Å²) in [5.74, 6) is 1.52. The van der Waals surface area contributed by atoms with Gasteiger partial charge in [0.25, 0.3) is 0 Å². The van der Waals surface area contributed by atoms with Gasteiger partial charge in [-0.05, 0) is 60.1 Å². The van der Waals surface area contributed by atoms with Crippen molar-refractivity contribution in [2.24, 2.45) is 9.98 Å². The van der Waals surface area contributed by atoms with Gasteiger partial charge in [0.05, 0.1) is 22.8 Å². The fourth-order valence-electron chi connectivity index (χ4n) is 3.61. The van der Waals surface area contributed by atoms with Gasteiger partial charge in [-0.1, -0.05) is 77.9 Å². The summed E-state index contributed by atoms with van der Waals surface area (Å²) in [6.45, 7) is 17.2. The van der Waals surface area contributed by atoms with Gasteiger partial charge >= 0.3 is 0 Å². The fraction of sp³-hybridized carbons (Fsp3) is 0.357. The van der Waals surface area contributed by atoms with Crippen molar-refractivity contribution in [3.05, 3.63) is 83.3 Å². The van der Waals surface area contributed by atoms with E-state index in [1.165, 1.54) is 11.1 Å². The third-order valence-electron chi connectivity index (χ3n) is 5.32. The summed E-state index contributed by atoms with van der Waals surface area (Å²) >= 11 is 0. The van der Waals surface area contributed by atoms with Crippen molar-refractivity contribution in [3.63, 3.8) is 0 Å². The standard InChI is InChI=1S/C28H34N2O/c1-19(29-23-15-11-9-13-21(23)27(3,4)5)25-17-18-26(31-25)20(2)30-24-16-12-10-14-22(24)28(6,7)8/h9-18H,1-8H3/b29-19+,30-20+. The molecule has 0 fully saturated rings. The van der Waals surface area contributed by atoms with Crippen molar-refractivity contribution in [2.75, 3.05) is 0 Å². The minimum atomic E-state index is 0.0262. The van der Waals surface area contributed by atoms with E-state index in [1.54, 1.807) is 0 Å². The van der Waals surface area contributed by atoms with Crippen molar-refractivity contribution in [2.45, 2.75) is 66.2 Å². The van der Waals surface area contributed by atoms with Gasteiger partial charge in [-0.3, -0.25) is 0 Å². The molecule has 0 N–H and O–H groups in total. The quantitative estimate of drug-likeness (QED) is 0.397. The van der Waals surface area contributed by atoms with Gasteiger partial charge in [-0.15, -0.1) is 0 Å². The van der Waals surface area contributed by atoms with E-state index in [1.807, 2.05) is 38.1 Å². The molecule has 1 aromatic heterocycles. The Morgan fingerprint density at radius 1 is 0.581 bits per heavy atom. The number of nitrogens with zero attached hydrogens (tertiary/aromatic N) is 2. The smallest absolute Gasteiger partial charge is 0.148 e. The second-order valence-electron chi connectivity index (χ2n) is 10.1. The van der Waals surface area contributed by atoms with Gasteiger partial charge in [0.15, 0.2) is 0 Å². The molecule has 0 spiro atoms. The number of hydrogen-bond acceptors (Lipinski definition) is 3. The van der Waals surface area contributed by atoms with Crippen molar-refractivity contribution >= 4 is 22.8 Å². The Balaban J connectivity index is 1.93. The molecule has 0 aliphatic carbocycles. The minimum absolute atomic E-state index is 0.0262. The third-order valence-corrected chi connectivity index (χ3v) is 5.32. The first-order chi connectivity index (χ1) is 14.5. The maximum Gasteiger partial charge on any atom is 0.148 e. The molecule has 0 saturated heterocycles. The second-order valence-corrected chi connectivity index (χ2v) is 10.1. The Hall–Kier alpha value is -2.94. The molecule has 2 aromatic carbocycles. The Bertz CT molecular complexity index is 1030. The molecular formula is C28H34N2O. The van der Waals surface area contributed by atoms with Crippen LogP contribution in [0.5, 0.6) is 0 Å². The van der Waals surface area contributed by atoms with E-state index >= 15 is 0 Å². The van der Waals surface area contributed by atoms with Gasteiger partial charge in [0.2, 0.25) is 0 Å². The largest absolute Gasteiger partial charge is 0.454 e. The zero-order valence-corrected chi connectivity index (χ0v) is 20.1. The molecule has 0 amide bonds.